The summed E-state index contributed by atoms with van der Waals surface area (Å²) in [5, 5.41) is 0. The normalized spacial score (nSPS) is 17.8. The zero-order valence-electron chi connectivity index (χ0n) is 13.6. The van der Waals surface area contributed by atoms with Crippen LogP contribution in [-0.4, -0.2) is 29.9 Å². The van der Waals surface area contributed by atoms with E-state index in [-0.39, 0.29) is 11.9 Å². The lowest BCUT2D eigenvalue weighted by Gasteiger charge is -2.33. The van der Waals surface area contributed by atoms with Crippen LogP contribution in [0.3, 0.4) is 0 Å². The van der Waals surface area contributed by atoms with Crippen LogP contribution in [0.4, 0.5) is 0 Å². The van der Waals surface area contributed by atoms with Gasteiger partial charge in [0.05, 0.1) is 0 Å². The van der Waals surface area contributed by atoms with Gasteiger partial charge >= 0.3 is 0 Å². The second kappa shape index (κ2) is 7.08. The van der Waals surface area contributed by atoms with Gasteiger partial charge in [-0.2, -0.15) is 0 Å². The smallest absolute Gasteiger partial charge is 0.222 e. The highest BCUT2D eigenvalue weighted by atomic mass is 16.2. The summed E-state index contributed by atoms with van der Waals surface area (Å²) in [5.41, 5.74) is 9.81. The molecule has 1 heterocycles. The SMILES string of the molecule is Cc1ccc(CCC(=O)N2CCC(C(C)N)CC2)c(C)c1. The number of rotatable bonds is 4. The highest BCUT2D eigenvalue weighted by Gasteiger charge is 2.24. The Morgan fingerprint density at radius 1 is 1.33 bits per heavy atom. The van der Waals surface area contributed by atoms with Gasteiger partial charge in [0.15, 0.2) is 0 Å². The second-order valence-electron chi connectivity index (χ2n) is 6.51. The maximum atomic E-state index is 12.3. The van der Waals surface area contributed by atoms with Gasteiger partial charge < -0.3 is 10.6 Å². The summed E-state index contributed by atoms with van der Waals surface area (Å²) in [6.45, 7) is 8.05. The van der Waals surface area contributed by atoms with E-state index in [9.17, 15) is 4.79 Å². The van der Waals surface area contributed by atoms with Gasteiger partial charge in [0.2, 0.25) is 5.91 Å². The van der Waals surface area contributed by atoms with Crippen molar-refractivity contribution in [3.63, 3.8) is 0 Å². The fraction of sp³-hybridized carbons (Fsp3) is 0.611. The zero-order chi connectivity index (χ0) is 15.4. The number of piperidine rings is 1. The lowest BCUT2D eigenvalue weighted by molar-refractivity contribution is -0.132. The van der Waals surface area contributed by atoms with Crippen molar-refractivity contribution in [3.05, 3.63) is 34.9 Å². The first-order valence-electron chi connectivity index (χ1n) is 8.07. The fourth-order valence-electron chi connectivity index (χ4n) is 3.20. The predicted molar refractivity (Wildman–Crippen MR) is 87.2 cm³/mol. The Labute approximate surface area is 128 Å². The number of nitrogens with two attached hydrogens (primary N) is 1. The molecule has 0 radical (unpaired) electrons. The maximum absolute atomic E-state index is 12.3. The van der Waals surface area contributed by atoms with Crippen LogP contribution in [0.1, 0.15) is 42.9 Å². The largest absolute Gasteiger partial charge is 0.343 e. The molecule has 3 heteroatoms. The fourth-order valence-corrected chi connectivity index (χ4v) is 3.20. The number of aryl methyl sites for hydroxylation is 3. The van der Waals surface area contributed by atoms with Crippen LogP contribution in [0.15, 0.2) is 18.2 Å². The summed E-state index contributed by atoms with van der Waals surface area (Å²) in [7, 11) is 0. The van der Waals surface area contributed by atoms with E-state index in [1.165, 1.54) is 16.7 Å². The molecular formula is C18H28N2O. The van der Waals surface area contributed by atoms with Crippen LogP contribution in [0.2, 0.25) is 0 Å². The minimum atomic E-state index is 0.248. The molecule has 1 unspecified atom stereocenters. The summed E-state index contributed by atoms with van der Waals surface area (Å²) in [6, 6.07) is 6.72. The minimum absolute atomic E-state index is 0.248. The van der Waals surface area contributed by atoms with Crippen molar-refractivity contribution < 1.29 is 4.79 Å². The van der Waals surface area contributed by atoms with Gasteiger partial charge in [-0.1, -0.05) is 23.8 Å². The molecule has 21 heavy (non-hydrogen) atoms. The summed E-state index contributed by atoms with van der Waals surface area (Å²) >= 11 is 0. The average Bonchev–Trinajstić information content (AvgIpc) is 2.46. The van der Waals surface area contributed by atoms with Crippen molar-refractivity contribution in [1.82, 2.24) is 4.90 Å². The molecule has 1 amide bonds. The van der Waals surface area contributed by atoms with Crippen molar-refractivity contribution in [2.45, 2.75) is 52.5 Å². The van der Waals surface area contributed by atoms with Gasteiger partial charge in [-0.15, -0.1) is 0 Å². The topological polar surface area (TPSA) is 46.3 Å². The summed E-state index contributed by atoms with van der Waals surface area (Å²) in [4.78, 5) is 14.3. The Balaban J connectivity index is 1.82. The second-order valence-corrected chi connectivity index (χ2v) is 6.51. The zero-order valence-corrected chi connectivity index (χ0v) is 13.6. The van der Waals surface area contributed by atoms with Crippen molar-refractivity contribution in [1.29, 1.82) is 0 Å². The van der Waals surface area contributed by atoms with Gasteiger partial charge in [0.1, 0.15) is 0 Å². The molecule has 0 bridgehead atoms. The van der Waals surface area contributed by atoms with Crippen LogP contribution in [0.25, 0.3) is 0 Å². The van der Waals surface area contributed by atoms with Gasteiger partial charge in [-0.05, 0) is 57.1 Å². The first kappa shape index (κ1) is 16.0. The summed E-state index contributed by atoms with van der Waals surface area (Å²) in [6.07, 6.45) is 3.56. The van der Waals surface area contributed by atoms with Gasteiger partial charge in [0.25, 0.3) is 0 Å². The van der Waals surface area contributed by atoms with E-state index in [4.69, 9.17) is 5.73 Å². The van der Waals surface area contributed by atoms with Crippen LogP contribution in [-0.2, 0) is 11.2 Å². The Morgan fingerprint density at radius 3 is 2.57 bits per heavy atom. The molecule has 1 atom stereocenters. The monoisotopic (exact) mass is 288 g/mol. The number of carbonyl (C=O) groups excluding carboxylic acids is 1. The van der Waals surface area contributed by atoms with E-state index in [2.05, 4.69) is 39.0 Å². The molecule has 0 saturated carbocycles. The van der Waals surface area contributed by atoms with Crippen molar-refractivity contribution in [2.24, 2.45) is 11.7 Å². The lowest BCUT2D eigenvalue weighted by Crippen LogP contribution is -2.42. The Morgan fingerprint density at radius 2 is 2.00 bits per heavy atom. The van der Waals surface area contributed by atoms with Crippen LogP contribution < -0.4 is 5.73 Å². The third-order valence-corrected chi connectivity index (χ3v) is 4.74. The molecule has 3 nitrogen and oxygen atoms in total. The van der Waals surface area contributed by atoms with Crippen LogP contribution in [0, 0.1) is 19.8 Å². The summed E-state index contributed by atoms with van der Waals surface area (Å²) < 4.78 is 0. The van der Waals surface area contributed by atoms with Crippen molar-refractivity contribution >= 4 is 5.91 Å². The highest BCUT2D eigenvalue weighted by molar-refractivity contribution is 5.76. The van der Waals surface area contributed by atoms with Gasteiger partial charge in [0, 0.05) is 25.6 Å². The number of hydrogen-bond donors (Lipinski definition) is 1. The first-order chi connectivity index (χ1) is 9.97. The number of hydrogen-bond acceptors (Lipinski definition) is 2. The quantitative estimate of drug-likeness (QED) is 0.926. The molecular weight excluding hydrogens is 260 g/mol. The van der Waals surface area contributed by atoms with E-state index in [0.29, 0.717) is 12.3 Å². The van der Waals surface area contributed by atoms with E-state index >= 15 is 0 Å². The molecule has 2 rings (SSSR count). The van der Waals surface area contributed by atoms with Gasteiger partial charge in [-0.3, -0.25) is 4.79 Å². The molecule has 1 aliphatic rings. The third kappa shape index (κ3) is 4.31. The number of nitrogens with zero attached hydrogens (tertiary/aromatic N) is 1. The Kier molecular flexibility index (Phi) is 5.40. The van der Waals surface area contributed by atoms with E-state index in [0.717, 1.165) is 32.4 Å². The third-order valence-electron chi connectivity index (χ3n) is 4.74. The Bertz CT molecular complexity index is 488. The molecule has 1 aliphatic heterocycles. The Hall–Kier alpha value is -1.35. The molecule has 1 saturated heterocycles. The van der Waals surface area contributed by atoms with Gasteiger partial charge in [-0.25, -0.2) is 0 Å². The van der Waals surface area contributed by atoms with Crippen molar-refractivity contribution in [2.75, 3.05) is 13.1 Å². The number of carbonyl (C=O) groups is 1. The highest BCUT2D eigenvalue weighted by Crippen LogP contribution is 2.20. The number of benzene rings is 1. The maximum Gasteiger partial charge on any atom is 0.222 e. The van der Waals surface area contributed by atoms with E-state index in [1.54, 1.807) is 0 Å². The predicted octanol–water partition coefficient (Wildman–Crippen LogP) is 2.82. The molecule has 116 valence electrons. The van der Waals surface area contributed by atoms with Crippen molar-refractivity contribution in [3.8, 4) is 0 Å². The van der Waals surface area contributed by atoms with Crippen LogP contribution >= 0.6 is 0 Å². The van der Waals surface area contributed by atoms with Crippen LogP contribution in [0.5, 0.6) is 0 Å². The average molecular weight is 288 g/mol. The molecule has 1 aromatic carbocycles. The van der Waals surface area contributed by atoms with E-state index < -0.39 is 0 Å². The molecule has 1 fully saturated rings. The molecule has 0 spiro atoms. The number of amides is 1. The summed E-state index contributed by atoms with van der Waals surface area (Å²) in [5.74, 6) is 0.867. The molecule has 0 aromatic heterocycles. The lowest BCUT2D eigenvalue weighted by atomic mass is 9.90. The molecule has 0 aliphatic carbocycles. The minimum Gasteiger partial charge on any atom is -0.343 e. The van der Waals surface area contributed by atoms with E-state index in [1.807, 2.05) is 4.90 Å². The number of likely N-dealkylation sites (tertiary alicyclic amines) is 1. The molecule has 2 N–H and O–H groups in total. The first-order valence-corrected chi connectivity index (χ1v) is 8.07. The standard InChI is InChI=1S/C18H28N2O/c1-13-4-5-16(14(2)12-13)6-7-18(21)20-10-8-17(9-11-20)15(3)19/h4-5,12,15,17H,6-11,19H2,1-3H3. The molecule has 1 aromatic rings.